The molecular formula is C19H22ClN3O2. The van der Waals surface area contributed by atoms with Gasteiger partial charge in [-0.25, -0.2) is 0 Å². The third-order valence-corrected chi connectivity index (χ3v) is 4.31. The van der Waals surface area contributed by atoms with E-state index in [9.17, 15) is 9.59 Å². The van der Waals surface area contributed by atoms with Crippen LogP contribution in [0.5, 0.6) is 0 Å². The Morgan fingerprint density at radius 1 is 0.920 bits per heavy atom. The van der Waals surface area contributed by atoms with E-state index < -0.39 is 0 Å². The molecule has 0 spiro atoms. The van der Waals surface area contributed by atoms with Crippen molar-refractivity contribution >= 4 is 29.9 Å². The second-order valence-corrected chi connectivity index (χ2v) is 6.03. The summed E-state index contributed by atoms with van der Waals surface area (Å²) in [5.74, 6) is -0.0400. The molecule has 0 aromatic heterocycles. The summed E-state index contributed by atoms with van der Waals surface area (Å²) in [5, 5.41) is 3.04. The van der Waals surface area contributed by atoms with E-state index in [2.05, 4.69) is 5.32 Å². The molecule has 1 aliphatic rings. The summed E-state index contributed by atoms with van der Waals surface area (Å²) in [6.07, 6.45) is 1.53. The number of rotatable bonds is 3. The van der Waals surface area contributed by atoms with Gasteiger partial charge in [0.15, 0.2) is 0 Å². The van der Waals surface area contributed by atoms with Crippen molar-refractivity contribution < 1.29 is 9.59 Å². The maximum Gasteiger partial charge on any atom is 0.253 e. The number of benzene rings is 2. The monoisotopic (exact) mass is 359 g/mol. The highest BCUT2D eigenvalue weighted by Crippen LogP contribution is 2.15. The number of nitrogen functional groups attached to an aromatic ring is 1. The number of hydrogen-bond donors (Lipinski definition) is 2. The van der Waals surface area contributed by atoms with Gasteiger partial charge in [-0.1, -0.05) is 18.2 Å². The van der Waals surface area contributed by atoms with Crippen molar-refractivity contribution in [3.63, 3.8) is 0 Å². The predicted molar refractivity (Wildman–Crippen MR) is 101 cm³/mol. The Hall–Kier alpha value is -2.53. The van der Waals surface area contributed by atoms with Gasteiger partial charge in [0, 0.05) is 35.9 Å². The second-order valence-electron chi connectivity index (χ2n) is 6.03. The van der Waals surface area contributed by atoms with Crippen LogP contribution in [0.3, 0.4) is 0 Å². The third-order valence-electron chi connectivity index (χ3n) is 4.31. The Bertz CT molecular complexity index is 711. The molecule has 1 fully saturated rings. The Morgan fingerprint density at radius 2 is 1.52 bits per heavy atom. The number of piperidine rings is 1. The number of likely N-dealkylation sites (tertiary alicyclic amines) is 1. The molecule has 0 atom stereocenters. The SMILES string of the molecule is Cl.Nc1ccc(C(=O)NC2CCN(C(=O)c3ccccc3)CC2)cc1. The Balaban J connectivity index is 0.00000225. The summed E-state index contributed by atoms with van der Waals surface area (Å²) >= 11 is 0. The van der Waals surface area contributed by atoms with Crippen molar-refractivity contribution in [1.29, 1.82) is 0 Å². The fourth-order valence-corrected chi connectivity index (χ4v) is 2.89. The summed E-state index contributed by atoms with van der Waals surface area (Å²) in [4.78, 5) is 26.5. The van der Waals surface area contributed by atoms with Gasteiger partial charge in [0.25, 0.3) is 11.8 Å². The molecule has 6 heteroatoms. The molecule has 0 saturated carbocycles. The average Bonchev–Trinajstić information content (AvgIpc) is 2.63. The molecule has 2 aromatic carbocycles. The van der Waals surface area contributed by atoms with Gasteiger partial charge in [-0.2, -0.15) is 0 Å². The number of anilines is 1. The lowest BCUT2D eigenvalue weighted by Gasteiger charge is -2.32. The van der Waals surface area contributed by atoms with E-state index in [4.69, 9.17) is 5.73 Å². The first kappa shape index (κ1) is 18.8. The van der Waals surface area contributed by atoms with Crippen LogP contribution in [0, 0.1) is 0 Å². The van der Waals surface area contributed by atoms with Gasteiger partial charge in [-0.3, -0.25) is 9.59 Å². The number of hydrogen-bond acceptors (Lipinski definition) is 3. The molecule has 25 heavy (non-hydrogen) atoms. The number of carbonyl (C=O) groups excluding carboxylic acids is 2. The number of nitrogens with one attached hydrogen (secondary N) is 1. The summed E-state index contributed by atoms with van der Waals surface area (Å²) in [6.45, 7) is 1.31. The highest BCUT2D eigenvalue weighted by molar-refractivity contribution is 5.95. The fraction of sp³-hybridized carbons (Fsp3) is 0.263. The van der Waals surface area contributed by atoms with Crippen LogP contribution in [-0.4, -0.2) is 35.8 Å². The van der Waals surface area contributed by atoms with Crippen molar-refractivity contribution in [2.75, 3.05) is 18.8 Å². The molecule has 1 heterocycles. The van der Waals surface area contributed by atoms with E-state index in [1.165, 1.54) is 0 Å². The first-order valence-corrected chi connectivity index (χ1v) is 8.14. The Morgan fingerprint density at radius 3 is 2.12 bits per heavy atom. The minimum absolute atomic E-state index is 0. The maximum absolute atomic E-state index is 12.4. The fourth-order valence-electron chi connectivity index (χ4n) is 2.89. The van der Waals surface area contributed by atoms with Gasteiger partial charge >= 0.3 is 0 Å². The number of halogens is 1. The lowest BCUT2D eigenvalue weighted by atomic mass is 10.0. The summed E-state index contributed by atoms with van der Waals surface area (Å²) in [6, 6.07) is 16.3. The smallest absolute Gasteiger partial charge is 0.253 e. The van der Waals surface area contributed by atoms with Crippen molar-refractivity contribution in [3.8, 4) is 0 Å². The van der Waals surface area contributed by atoms with E-state index >= 15 is 0 Å². The van der Waals surface area contributed by atoms with Gasteiger partial charge < -0.3 is 16.0 Å². The minimum atomic E-state index is -0.0946. The molecule has 0 aliphatic carbocycles. The lowest BCUT2D eigenvalue weighted by molar-refractivity contribution is 0.0698. The van der Waals surface area contributed by atoms with Gasteiger partial charge in [0.2, 0.25) is 0 Å². The Labute approximate surface area is 153 Å². The Kier molecular flexibility index (Phi) is 6.42. The minimum Gasteiger partial charge on any atom is -0.399 e. The maximum atomic E-state index is 12.4. The van der Waals surface area contributed by atoms with Gasteiger partial charge in [-0.15, -0.1) is 12.4 Å². The van der Waals surface area contributed by atoms with Crippen LogP contribution in [0.2, 0.25) is 0 Å². The first-order chi connectivity index (χ1) is 11.6. The molecular weight excluding hydrogens is 338 g/mol. The molecule has 132 valence electrons. The van der Waals surface area contributed by atoms with Gasteiger partial charge in [0.1, 0.15) is 0 Å². The van der Waals surface area contributed by atoms with E-state index in [0.717, 1.165) is 12.8 Å². The number of nitrogens with zero attached hydrogens (tertiary/aromatic N) is 1. The van der Waals surface area contributed by atoms with E-state index in [1.54, 1.807) is 24.3 Å². The normalized spacial score (nSPS) is 14.5. The third kappa shape index (κ3) is 4.73. The van der Waals surface area contributed by atoms with Crippen molar-refractivity contribution in [3.05, 3.63) is 65.7 Å². The molecule has 5 nitrogen and oxygen atoms in total. The van der Waals surface area contributed by atoms with E-state index in [-0.39, 0.29) is 30.3 Å². The molecule has 3 N–H and O–H groups in total. The molecule has 0 unspecified atom stereocenters. The zero-order chi connectivity index (χ0) is 16.9. The number of amides is 2. The van der Waals surface area contributed by atoms with E-state index in [0.29, 0.717) is 29.9 Å². The van der Waals surface area contributed by atoms with E-state index in [1.807, 2.05) is 35.2 Å². The van der Waals surface area contributed by atoms with Crippen LogP contribution in [0.15, 0.2) is 54.6 Å². The van der Waals surface area contributed by atoms with Crippen LogP contribution in [0.4, 0.5) is 5.69 Å². The molecule has 0 bridgehead atoms. The average molecular weight is 360 g/mol. The van der Waals surface area contributed by atoms with Crippen LogP contribution in [0.1, 0.15) is 33.6 Å². The first-order valence-electron chi connectivity index (χ1n) is 8.14. The van der Waals surface area contributed by atoms with Crippen LogP contribution in [-0.2, 0) is 0 Å². The highest BCUT2D eigenvalue weighted by Gasteiger charge is 2.24. The molecule has 1 aliphatic heterocycles. The summed E-state index contributed by atoms with van der Waals surface area (Å²) < 4.78 is 0. The number of nitrogens with two attached hydrogens (primary N) is 1. The zero-order valence-corrected chi connectivity index (χ0v) is 14.7. The molecule has 0 radical (unpaired) electrons. The van der Waals surface area contributed by atoms with Crippen molar-refractivity contribution in [2.45, 2.75) is 18.9 Å². The van der Waals surface area contributed by atoms with Crippen molar-refractivity contribution in [2.24, 2.45) is 0 Å². The lowest BCUT2D eigenvalue weighted by Crippen LogP contribution is -2.46. The topological polar surface area (TPSA) is 75.4 Å². The standard InChI is InChI=1S/C19H21N3O2.ClH/c20-16-8-6-14(7-9-16)18(23)21-17-10-12-22(13-11-17)19(24)15-4-2-1-3-5-15;/h1-9,17H,10-13,20H2,(H,21,23);1H. The summed E-state index contributed by atoms with van der Waals surface area (Å²) in [7, 11) is 0. The molecule has 2 amide bonds. The molecule has 2 aromatic rings. The van der Waals surface area contributed by atoms with Crippen LogP contribution < -0.4 is 11.1 Å². The second kappa shape index (κ2) is 8.53. The zero-order valence-electron chi connectivity index (χ0n) is 13.9. The summed E-state index contributed by atoms with van der Waals surface area (Å²) in [5.41, 5.74) is 7.59. The predicted octanol–water partition coefficient (Wildman–Crippen LogP) is 2.73. The highest BCUT2D eigenvalue weighted by atomic mass is 35.5. The largest absolute Gasteiger partial charge is 0.399 e. The van der Waals surface area contributed by atoms with Crippen molar-refractivity contribution in [1.82, 2.24) is 10.2 Å². The number of carbonyl (C=O) groups is 2. The van der Waals surface area contributed by atoms with Gasteiger partial charge in [0.05, 0.1) is 0 Å². The molecule has 1 saturated heterocycles. The van der Waals surface area contributed by atoms with Gasteiger partial charge in [-0.05, 0) is 49.2 Å². The van der Waals surface area contributed by atoms with Crippen LogP contribution in [0.25, 0.3) is 0 Å². The van der Waals surface area contributed by atoms with Crippen LogP contribution >= 0.6 is 12.4 Å². The quantitative estimate of drug-likeness (QED) is 0.827. The molecule has 3 rings (SSSR count).